The van der Waals surface area contributed by atoms with Gasteiger partial charge in [-0.2, -0.15) is 0 Å². The Morgan fingerprint density at radius 3 is 2.74 bits per heavy atom. The van der Waals surface area contributed by atoms with E-state index in [1.165, 1.54) is 0 Å². The van der Waals surface area contributed by atoms with Crippen LogP contribution in [0.15, 0.2) is 0 Å². The maximum absolute atomic E-state index is 11.9. The van der Waals surface area contributed by atoms with Crippen molar-refractivity contribution >= 4 is 15.7 Å². The topological polar surface area (TPSA) is 98.5 Å². The van der Waals surface area contributed by atoms with Crippen molar-refractivity contribution in [2.75, 3.05) is 18.1 Å². The number of hydrogen-bond acceptors (Lipinski definition) is 5. The van der Waals surface area contributed by atoms with E-state index >= 15 is 0 Å². The summed E-state index contributed by atoms with van der Waals surface area (Å²) >= 11 is 0. The average molecular weight is 290 g/mol. The van der Waals surface area contributed by atoms with Gasteiger partial charge in [0, 0.05) is 19.1 Å². The van der Waals surface area contributed by atoms with Gasteiger partial charge in [0.2, 0.25) is 5.91 Å². The summed E-state index contributed by atoms with van der Waals surface area (Å²) in [7, 11) is -2.92. The largest absolute Gasteiger partial charge is 0.376 e. The van der Waals surface area contributed by atoms with Gasteiger partial charge in [-0.1, -0.05) is 0 Å². The molecule has 0 aromatic rings. The van der Waals surface area contributed by atoms with Crippen molar-refractivity contribution in [2.24, 2.45) is 11.7 Å². The third-order valence-electron chi connectivity index (χ3n) is 3.88. The second-order valence-corrected chi connectivity index (χ2v) is 7.69. The number of nitrogens with one attached hydrogen (secondary N) is 1. The van der Waals surface area contributed by atoms with E-state index in [0.717, 1.165) is 6.42 Å². The molecule has 110 valence electrons. The lowest BCUT2D eigenvalue weighted by Crippen LogP contribution is -2.64. The summed E-state index contributed by atoms with van der Waals surface area (Å²) in [5.74, 6) is 0.167. The van der Waals surface area contributed by atoms with Gasteiger partial charge in [0.25, 0.3) is 0 Å². The molecular weight excluding hydrogens is 268 g/mol. The first-order chi connectivity index (χ1) is 8.91. The van der Waals surface area contributed by atoms with Crippen molar-refractivity contribution in [1.29, 1.82) is 0 Å². The standard InChI is InChI=1S/C12H22N2O4S/c1-2-18-10-6-9(13)12(10)14-11(15)5-8-3-4-19(16,17)7-8/h8-10,12H,2-7,13H2,1H3,(H,14,15). The summed E-state index contributed by atoms with van der Waals surface area (Å²) in [4.78, 5) is 11.9. The fourth-order valence-electron chi connectivity index (χ4n) is 2.77. The Bertz CT molecular complexity index is 435. The molecule has 0 aromatic carbocycles. The van der Waals surface area contributed by atoms with Crippen molar-refractivity contribution in [2.45, 2.75) is 44.4 Å². The van der Waals surface area contributed by atoms with Gasteiger partial charge in [-0.25, -0.2) is 8.42 Å². The number of carbonyl (C=O) groups excluding carboxylic acids is 1. The van der Waals surface area contributed by atoms with Crippen LogP contribution < -0.4 is 11.1 Å². The van der Waals surface area contributed by atoms with Gasteiger partial charge < -0.3 is 15.8 Å². The van der Waals surface area contributed by atoms with Crippen LogP contribution in [0.2, 0.25) is 0 Å². The number of rotatable bonds is 5. The van der Waals surface area contributed by atoms with E-state index in [2.05, 4.69) is 5.32 Å². The molecule has 1 aliphatic carbocycles. The molecule has 0 aromatic heterocycles. The van der Waals surface area contributed by atoms with Crippen LogP contribution in [0.5, 0.6) is 0 Å². The van der Waals surface area contributed by atoms with Crippen molar-refractivity contribution in [3.63, 3.8) is 0 Å². The first-order valence-corrected chi connectivity index (χ1v) is 8.60. The molecule has 2 aliphatic rings. The zero-order valence-electron chi connectivity index (χ0n) is 11.2. The molecule has 19 heavy (non-hydrogen) atoms. The first kappa shape index (κ1) is 14.7. The van der Waals surface area contributed by atoms with Crippen molar-refractivity contribution < 1.29 is 17.9 Å². The van der Waals surface area contributed by atoms with Crippen LogP contribution in [0.3, 0.4) is 0 Å². The van der Waals surface area contributed by atoms with Gasteiger partial charge in [-0.3, -0.25) is 4.79 Å². The van der Waals surface area contributed by atoms with E-state index in [9.17, 15) is 13.2 Å². The Hall–Kier alpha value is -0.660. The molecule has 6 nitrogen and oxygen atoms in total. The molecule has 0 spiro atoms. The molecule has 1 aliphatic heterocycles. The fraction of sp³-hybridized carbons (Fsp3) is 0.917. The van der Waals surface area contributed by atoms with Gasteiger partial charge in [0.1, 0.15) is 0 Å². The maximum Gasteiger partial charge on any atom is 0.220 e. The SMILES string of the molecule is CCOC1CC(N)C1NC(=O)CC1CCS(=O)(=O)C1. The highest BCUT2D eigenvalue weighted by atomic mass is 32.2. The second-order valence-electron chi connectivity index (χ2n) is 5.46. The molecule has 0 bridgehead atoms. The summed E-state index contributed by atoms with van der Waals surface area (Å²) < 4.78 is 28.1. The zero-order chi connectivity index (χ0) is 14.0. The van der Waals surface area contributed by atoms with Crippen LogP contribution >= 0.6 is 0 Å². The Morgan fingerprint density at radius 2 is 2.21 bits per heavy atom. The van der Waals surface area contributed by atoms with E-state index in [-0.39, 0.29) is 47.9 Å². The predicted octanol–water partition coefficient (Wildman–Crippen LogP) is -0.568. The summed E-state index contributed by atoms with van der Waals surface area (Å²) in [5.41, 5.74) is 5.85. The summed E-state index contributed by atoms with van der Waals surface area (Å²) in [6.45, 7) is 2.51. The fourth-order valence-corrected chi connectivity index (χ4v) is 4.63. The molecular formula is C12H22N2O4S. The molecule has 4 unspecified atom stereocenters. The second kappa shape index (κ2) is 5.76. The molecule has 4 atom stereocenters. The number of sulfone groups is 1. The van der Waals surface area contributed by atoms with Crippen molar-refractivity contribution in [3.8, 4) is 0 Å². The van der Waals surface area contributed by atoms with Gasteiger partial charge >= 0.3 is 0 Å². The predicted molar refractivity (Wildman–Crippen MR) is 71.3 cm³/mol. The molecule has 2 rings (SSSR count). The van der Waals surface area contributed by atoms with Gasteiger partial charge in [0.15, 0.2) is 9.84 Å². The highest BCUT2D eigenvalue weighted by molar-refractivity contribution is 7.91. The van der Waals surface area contributed by atoms with E-state index in [4.69, 9.17) is 10.5 Å². The lowest BCUT2D eigenvalue weighted by atomic mass is 9.83. The molecule has 7 heteroatoms. The van der Waals surface area contributed by atoms with E-state index in [1.807, 2.05) is 6.92 Å². The third kappa shape index (κ3) is 3.67. The smallest absolute Gasteiger partial charge is 0.220 e. The van der Waals surface area contributed by atoms with Gasteiger partial charge in [-0.05, 0) is 25.7 Å². The highest BCUT2D eigenvalue weighted by Gasteiger charge is 2.40. The van der Waals surface area contributed by atoms with Crippen LogP contribution in [0.1, 0.15) is 26.2 Å². The third-order valence-corrected chi connectivity index (χ3v) is 5.71. The lowest BCUT2D eigenvalue weighted by Gasteiger charge is -2.42. The van der Waals surface area contributed by atoms with Crippen LogP contribution in [-0.2, 0) is 19.4 Å². The lowest BCUT2D eigenvalue weighted by molar-refractivity contribution is -0.126. The van der Waals surface area contributed by atoms with Crippen LogP contribution in [0.25, 0.3) is 0 Å². The Morgan fingerprint density at radius 1 is 1.47 bits per heavy atom. The summed E-state index contributed by atoms with van der Waals surface area (Å²) in [5, 5.41) is 2.87. The number of amides is 1. The minimum Gasteiger partial charge on any atom is -0.376 e. The normalized spacial score (nSPS) is 36.7. The van der Waals surface area contributed by atoms with E-state index in [0.29, 0.717) is 13.0 Å². The summed E-state index contributed by atoms with van der Waals surface area (Å²) in [6.07, 6.45) is 1.61. The average Bonchev–Trinajstić information content (AvgIpc) is 2.65. The minimum absolute atomic E-state index is 0.00346. The maximum atomic E-state index is 11.9. The Balaban J connectivity index is 1.78. The Labute approximate surface area is 114 Å². The highest BCUT2D eigenvalue weighted by Crippen LogP contribution is 2.24. The monoisotopic (exact) mass is 290 g/mol. The molecule has 1 amide bonds. The first-order valence-electron chi connectivity index (χ1n) is 6.78. The van der Waals surface area contributed by atoms with Gasteiger partial charge in [-0.15, -0.1) is 0 Å². The molecule has 0 radical (unpaired) electrons. The number of carbonyl (C=O) groups is 1. The number of ether oxygens (including phenoxy) is 1. The van der Waals surface area contributed by atoms with Crippen molar-refractivity contribution in [3.05, 3.63) is 0 Å². The van der Waals surface area contributed by atoms with E-state index in [1.54, 1.807) is 0 Å². The van der Waals surface area contributed by atoms with Crippen LogP contribution in [-0.4, -0.2) is 50.6 Å². The number of hydrogen-bond donors (Lipinski definition) is 2. The molecule has 1 saturated carbocycles. The quantitative estimate of drug-likeness (QED) is 0.706. The van der Waals surface area contributed by atoms with E-state index < -0.39 is 9.84 Å². The molecule has 1 heterocycles. The molecule has 2 fully saturated rings. The van der Waals surface area contributed by atoms with Crippen molar-refractivity contribution in [1.82, 2.24) is 5.32 Å². The Kier molecular flexibility index (Phi) is 4.47. The summed E-state index contributed by atoms with van der Waals surface area (Å²) in [6, 6.07) is -0.196. The minimum atomic E-state index is -2.92. The molecule has 1 saturated heterocycles. The van der Waals surface area contributed by atoms with Crippen LogP contribution in [0.4, 0.5) is 0 Å². The molecule has 3 N–H and O–H groups in total. The zero-order valence-corrected chi connectivity index (χ0v) is 12.0. The van der Waals surface area contributed by atoms with Gasteiger partial charge in [0.05, 0.1) is 23.7 Å². The van der Waals surface area contributed by atoms with Crippen LogP contribution in [0, 0.1) is 5.92 Å². The number of nitrogens with two attached hydrogens (primary N) is 1.